The summed E-state index contributed by atoms with van der Waals surface area (Å²) in [6.07, 6.45) is 4.08. The number of carbonyl (C=O) groups is 2. The monoisotopic (exact) mass is 450 g/mol. The second-order valence-corrected chi connectivity index (χ2v) is 8.84. The van der Waals surface area contributed by atoms with Crippen molar-refractivity contribution in [3.63, 3.8) is 0 Å². The second kappa shape index (κ2) is 8.96. The van der Waals surface area contributed by atoms with Gasteiger partial charge in [0.25, 0.3) is 11.7 Å². The number of quaternary nitrogens is 1. The van der Waals surface area contributed by atoms with Gasteiger partial charge in [0.05, 0.1) is 37.9 Å². The van der Waals surface area contributed by atoms with E-state index in [2.05, 4.69) is 4.98 Å². The minimum Gasteiger partial charge on any atom is -0.507 e. The third-order valence-corrected chi connectivity index (χ3v) is 6.64. The predicted octanol–water partition coefficient (Wildman–Crippen LogP) is 0.742. The van der Waals surface area contributed by atoms with Gasteiger partial charge >= 0.3 is 0 Å². The number of rotatable bonds is 5. The lowest BCUT2D eigenvalue weighted by Crippen LogP contribution is -3.14. The van der Waals surface area contributed by atoms with Crippen molar-refractivity contribution in [1.82, 2.24) is 9.88 Å². The number of hydrogen-bond donors (Lipinski definition) is 2. The molecule has 2 atom stereocenters. The van der Waals surface area contributed by atoms with Gasteiger partial charge in [-0.3, -0.25) is 14.6 Å². The highest BCUT2D eigenvalue weighted by molar-refractivity contribution is 6.46. The zero-order valence-corrected chi connectivity index (χ0v) is 18.6. The third-order valence-electron chi connectivity index (χ3n) is 6.64. The number of hydrogen-bond acceptors (Lipinski definition) is 6. The minimum atomic E-state index is -0.656. The van der Waals surface area contributed by atoms with Crippen LogP contribution in [0.4, 0.5) is 0 Å². The van der Waals surface area contributed by atoms with Gasteiger partial charge in [0.2, 0.25) is 0 Å². The molecule has 2 fully saturated rings. The fourth-order valence-electron chi connectivity index (χ4n) is 4.92. The Balaban J connectivity index is 1.51. The van der Waals surface area contributed by atoms with E-state index in [0.29, 0.717) is 31.9 Å². The largest absolute Gasteiger partial charge is 0.507 e. The first-order valence-electron chi connectivity index (χ1n) is 11.4. The number of aromatic nitrogens is 1. The van der Waals surface area contributed by atoms with Crippen LogP contribution in [0.1, 0.15) is 29.7 Å². The quantitative estimate of drug-likeness (QED) is 0.397. The van der Waals surface area contributed by atoms with Crippen LogP contribution in [0.5, 0.6) is 5.75 Å². The number of amides is 1. The molecule has 2 N–H and O–H groups in total. The number of morpholine rings is 1. The molecule has 2 saturated heterocycles. The smallest absolute Gasteiger partial charge is 0.295 e. The van der Waals surface area contributed by atoms with Crippen molar-refractivity contribution in [3.8, 4) is 5.75 Å². The van der Waals surface area contributed by atoms with Gasteiger partial charge in [-0.25, -0.2) is 0 Å². The second-order valence-electron chi connectivity index (χ2n) is 8.84. The maximum absolute atomic E-state index is 13.2. The van der Waals surface area contributed by atoms with Crippen LogP contribution in [0.3, 0.4) is 0 Å². The highest BCUT2D eigenvalue weighted by Gasteiger charge is 2.46. The number of likely N-dealkylation sites (tertiary alicyclic amines) is 1. The highest BCUT2D eigenvalue weighted by Crippen LogP contribution is 2.40. The van der Waals surface area contributed by atoms with E-state index in [1.807, 2.05) is 19.1 Å². The number of nitrogens with zero attached hydrogens (tertiary/aromatic N) is 2. The fourth-order valence-corrected chi connectivity index (χ4v) is 4.92. The van der Waals surface area contributed by atoms with Crippen LogP contribution >= 0.6 is 0 Å². The van der Waals surface area contributed by atoms with E-state index in [1.54, 1.807) is 35.5 Å². The summed E-state index contributed by atoms with van der Waals surface area (Å²) in [6.45, 7) is 6.26. The molecule has 8 heteroatoms. The number of carbonyl (C=O) groups excluding carboxylic acids is 2. The average molecular weight is 451 g/mol. The molecule has 1 aromatic carbocycles. The van der Waals surface area contributed by atoms with Gasteiger partial charge < -0.3 is 24.4 Å². The summed E-state index contributed by atoms with van der Waals surface area (Å²) in [7, 11) is 0. The maximum Gasteiger partial charge on any atom is 0.295 e. The zero-order valence-electron chi connectivity index (χ0n) is 18.6. The molecule has 1 amide bonds. The van der Waals surface area contributed by atoms with Gasteiger partial charge in [0.15, 0.2) is 0 Å². The number of aliphatic hydroxyl groups excluding tert-OH is 1. The Hall–Kier alpha value is -3.23. The van der Waals surface area contributed by atoms with Crippen molar-refractivity contribution < 1.29 is 29.1 Å². The van der Waals surface area contributed by atoms with Crippen LogP contribution < -0.4 is 9.64 Å². The molecule has 2 aromatic rings. The van der Waals surface area contributed by atoms with Crippen molar-refractivity contribution in [2.24, 2.45) is 0 Å². The Morgan fingerprint density at radius 1 is 1.18 bits per heavy atom. The molecule has 0 unspecified atom stereocenters. The van der Waals surface area contributed by atoms with Crippen molar-refractivity contribution in [2.75, 3.05) is 39.4 Å². The first kappa shape index (κ1) is 21.6. The Morgan fingerprint density at radius 3 is 2.70 bits per heavy atom. The van der Waals surface area contributed by atoms with E-state index in [4.69, 9.17) is 9.47 Å². The van der Waals surface area contributed by atoms with E-state index >= 15 is 0 Å². The molecule has 0 aliphatic carbocycles. The van der Waals surface area contributed by atoms with Crippen molar-refractivity contribution in [1.29, 1.82) is 0 Å². The van der Waals surface area contributed by atoms with Crippen LogP contribution in [0.15, 0.2) is 48.3 Å². The maximum atomic E-state index is 13.2. The Bertz CT molecular complexity index is 1090. The first-order valence-corrected chi connectivity index (χ1v) is 11.4. The van der Waals surface area contributed by atoms with Gasteiger partial charge in [-0.15, -0.1) is 0 Å². The number of benzene rings is 1. The van der Waals surface area contributed by atoms with E-state index in [1.165, 1.54) is 4.90 Å². The number of aliphatic hydroxyl groups is 1. The standard InChI is InChI=1S/C25H27N3O5/c1-16-14-19-15-18(2-3-20(19)33-16)23(29)21-22(17-4-6-26-7-5-17)28(25(31)24(21)30)9-8-27-10-12-32-13-11-27/h2-7,15-16,22,29H,8-14H2,1H3/p+1/t16-,22+/m1/s1. The zero-order chi connectivity index (χ0) is 22.9. The lowest BCUT2D eigenvalue weighted by Gasteiger charge is -2.29. The minimum absolute atomic E-state index is 0.0717. The van der Waals surface area contributed by atoms with Crippen molar-refractivity contribution in [3.05, 3.63) is 65.0 Å². The molecule has 0 saturated carbocycles. The molecular formula is C25H28N3O5+. The summed E-state index contributed by atoms with van der Waals surface area (Å²) in [4.78, 5) is 33.3. The first-order chi connectivity index (χ1) is 16.0. The summed E-state index contributed by atoms with van der Waals surface area (Å²) in [5.41, 5.74) is 2.37. The van der Waals surface area contributed by atoms with Crippen LogP contribution in [0, 0.1) is 0 Å². The van der Waals surface area contributed by atoms with Crippen molar-refractivity contribution >= 4 is 17.4 Å². The lowest BCUT2D eigenvalue weighted by atomic mass is 9.95. The molecule has 4 heterocycles. The molecule has 1 aromatic heterocycles. The molecule has 0 bridgehead atoms. The van der Waals surface area contributed by atoms with Crippen LogP contribution in [0.2, 0.25) is 0 Å². The molecule has 3 aliphatic rings. The molecule has 172 valence electrons. The molecule has 0 radical (unpaired) electrons. The summed E-state index contributed by atoms with van der Waals surface area (Å²) >= 11 is 0. The van der Waals surface area contributed by atoms with Gasteiger partial charge in [-0.1, -0.05) is 0 Å². The average Bonchev–Trinajstić information content (AvgIpc) is 3.34. The van der Waals surface area contributed by atoms with Crippen LogP contribution in [0.25, 0.3) is 5.76 Å². The number of nitrogens with one attached hydrogen (secondary N) is 1. The van der Waals surface area contributed by atoms with Crippen LogP contribution in [-0.2, 0) is 20.7 Å². The molecule has 5 rings (SSSR count). The number of Topliss-reactive ketones (excluding diaryl/α,β-unsaturated/α-hetero) is 1. The fraction of sp³-hybridized carbons (Fsp3) is 0.400. The normalized spacial score (nSPS) is 24.7. The molecule has 3 aliphatic heterocycles. The summed E-state index contributed by atoms with van der Waals surface area (Å²) < 4.78 is 11.2. The highest BCUT2D eigenvalue weighted by atomic mass is 16.5. The summed E-state index contributed by atoms with van der Waals surface area (Å²) in [5.74, 6) is -0.599. The van der Waals surface area contributed by atoms with E-state index < -0.39 is 17.7 Å². The summed E-state index contributed by atoms with van der Waals surface area (Å²) in [6, 6.07) is 8.32. The van der Waals surface area contributed by atoms with E-state index in [0.717, 1.165) is 36.4 Å². The Kier molecular flexibility index (Phi) is 5.86. The van der Waals surface area contributed by atoms with Gasteiger partial charge in [-0.2, -0.15) is 0 Å². The topological polar surface area (TPSA) is 93.4 Å². The molecule has 8 nitrogen and oxygen atoms in total. The third kappa shape index (κ3) is 4.12. The summed E-state index contributed by atoms with van der Waals surface area (Å²) in [5, 5.41) is 11.3. The van der Waals surface area contributed by atoms with Crippen molar-refractivity contribution in [2.45, 2.75) is 25.5 Å². The van der Waals surface area contributed by atoms with Crippen LogP contribution in [-0.4, -0.2) is 72.2 Å². The number of ether oxygens (including phenoxy) is 2. The van der Waals surface area contributed by atoms with E-state index in [9.17, 15) is 14.7 Å². The molecule has 0 spiro atoms. The Morgan fingerprint density at radius 2 is 1.94 bits per heavy atom. The SMILES string of the molecule is C[C@@H]1Cc2cc(C(O)=C3C(=O)C(=O)N(CC[NH+]4CCOCC4)[C@H]3c3ccncc3)ccc2O1. The number of pyridine rings is 1. The number of ketones is 1. The molecule has 33 heavy (non-hydrogen) atoms. The lowest BCUT2D eigenvalue weighted by molar-refractivity contribution is -0.907. The van der Waals surface area contributed by atoms with E-state index in [-0.39, 0.29) is 17.4 Å². The Labute approximate surface area is 192 Å². The van der Waals surface area contributed by atoms with Gasteiger partial charge in [0.1, 0.15) is 30.7 Å². The number of fused-ring (bicyclic) bond motifs is 1. The van der Waals surface area contributed by atoms with Gasteiger partial charge in [0, 0.05) is 24.4 Å². The predicted molar refractivity (Wildman–Crippen MR) is 120 cm³/mol. The van der Waals surface area contributed by atoms with Gasteiger partial charge in [-0.05, 0) is 48.4 Å². The molecular weight excluding hydrogens is 422 g/mol.